The molecule has 2 nitrogen and oxygen atoms in total. The van der Waals surface area contributed by atoms with Gasteiger partial charge in [-0.2, -0.15) is 0 Å². The maximum absolute atomic E-state index is 13.7. The van der Waals surface area contributed by atoms with Gasteiger partial charge in [0.1, 0.15) is 5.82 Å². The normalized spacial score (nSPS) is 15.5. The van der Waals surface area contributed by atoms with E-state index in [1.165, 1.54) is 36.8 Å². The number of methoxy groups -OCH3 is 1. The van der Waals surface area contributed by atoms with Crippen molar-refractivity contribution in [1.29, 1.82) is 0 Å². The highest BCUT2D eigenvalue weighted by atomic mass is 19.1. The molecule has 3 heteroatoms. The smallest absolute Gasteiger partial charge is 0.337 e. The molecule has 1 aromatic carbocycles. The van der Waals surface area contributed by atoms with Crippen molar-refractivity contribution in [2.24, 2.45) is 0 Å². The molecular weight excluding hydrogens is 243 g/mol. The Morgan fingerprint density at radius 1 is 1.26 bits per heavy atom. The van der Waals surface area contributed by atoms with Gasteiger partial charge in [-0.1, -0.05) is 12.5 Å². The highest BCUT2D eigenvalue weighted by Gasteiger charge is 2.16. The van der Waals surface area contributed by atoms with E-state index in [0.29, 0.717) is 0 Å². The number of halogens is 1. The summed E-state index contributed by atoms with van der Waals surface area (Å²) in [6.45, 7) is 2.13. The van der Waals surface area contributed by atoms with Gasteiger partial charge in [0, 0.05) is 0 Å². The first-order valence-corrected chi connectivity index (χ1v) is 6.76. The molecule has 0 unspecified atom stereocenters. The van der Waals surface area contributed by atoms with Crippen molar-refractivity contribution < 1.29 is 13.9 Å². The van der Waals surface area contributed by atoms with Gasteiger partial charge in [0.05, 0.1) is 12.7 Å². The maximum Gasteiger partial charge on any atom is 0.337 e. The lowest BCUT2D eigenvalue weighted by Crippen LogP contribution is -2.05. The minimum Gasteiger partial charge on any atom is -0.465 e. The number of benzene rings is 1. The molecule has 0 N–H and O–H groups in total. The van der Waals surface area contributed by atoms with Crippen LogP contribution < -0.4 is 0 Å². The quantitative estimate of drug-likeness (QED) is 0.757. The predicted octanol–water partition coefficient (Wildman–Crippen LogP) is 4.35. The molecule has 0 radical (unpaired) electrons. The molecule has 0 aliphatic heterocycles. The number of hydrogen-bond donors (Lipinski definition) is 0. The van der Waals surface area contributed by atoms with E-state index < -0.39 is 5.97 Å². The van der Waals surface area contributed by atoms with Crippen molar-refractivity contribution in [3.05, 3.63) is 40.7 Å². The second kappa shape index (κ2) is 6.00. The summed E-state index contributed by atoms with van der Waals surface area (Å²) in [5.41, 5.74) is 3.70. The molecule has 0 aromatic heterocycles. The third kappa shape index (κ3) is 3.03. The van der Waals surface area contributed by atoms with E-state index in [9.17, 15) is 9.18 Å². The van der Waals surface area contributed by atoms with Crippen LogP contribution in [0.25, 0.3) is 5.57 Å². The summed E-state index contributed by atoms with van der Waals surface area (Å²) in [5.74, 6) is -0.873. The third-order valence-electron chi connectivity index (χ3n) is 3.68. The van der Waals surface area contributed by atoms with Crippen LogP contribution >= 0.6 is 0 Å². The molecule has 2 rings (SSSR count). The molecule has 0 heterocycles. The SMILES string of the molecule is CCC1=C(c2cc(F)cc(C(=O)OC)c2)CCCC1. The molecule has 0 fully saturated rings. The van der Waals surface area contributed by atoms with E-state index in [2.05, 4.69) is 11.7 Å². The van der Waals surface area contributed by atoms with E-state index in [1.807, 2.05) is 0 Å². The monoisotopic (exact) mass is 262 g/mol. The van der Waals surface area contributed by atoms with Crippen molar-refractivity contribution in [2.45, 2.75) is 39.0 Å². The Kier molecular flexibility index (Phi) is 4.35. The summed E-state index contributed by atoms with van der Waals surface area (Å²) in [7, 11) is 1.31. The Morgan fingerprint density at radius 3 is 2.68 bits per heavy atom. The van der Waals surface area contributed by atoms with E-state index in [0.717, 1.165) is 31.2 Å². The maximum atomic E-state index is 13.7. The average molecular weight is 262 g/mol. The first kappa shape index (κ1) is 13.8. The van der Waals surface area contributed by atoms with Crippen LogP contribution in [0.3, 0.4) is 0 Å². The highest BCUT2D eigenvalue weighted by molar-refractivity contribution is 5.90. The van der Waals surface area contributed by atoms with Crippen molar-refractivity contribution in [3.8, 4) is 0 Å². The zero-order valence-corrected chi connectivity index (χ0v) is 11.5. The standard InChI is InChI=1S/C16H19FO2/c1-3-11-6-4-5-7-15(11)12-8-13(16(18)19-2)10-14(17)9-12/h8-10H,3-7H2,1-2H3. The first-order chi connectivity index (χ1) is 9.15. The Labute approximate surface area is 113 Å². The number of rotatable bonds is 3. The summed E-state index contributed by atoms with van der Waals surface area (Å²) in [4.78, 5) is 11.5. The number of ether oxygens (including phenoxy) is 1. The van der Waals surface area contributed by atoms with Crippen LogP contribution in [0.4, 0.5) is 4.39 Å². The molecule has 1 aromatic rings. The van der Waals surface area contributed by atoms with Crippen LogP contribution in [0.1, 0.15) is 54.9 Å². The van der Waals surface area contributed by atoms with Gasteiger partial charge in [-0.3, -0.25) is 0 Å². The van der Waals surface area contributed by atoms with Crippen molar-refractivity contribution in [1.82, 2.24) is 0 Å². The highest BCUT2D eigenvalue weighted by Crippen LogP contribution is 2.34. The summed E-state index contributed by atoms with van der Waals surface area (Å²) in [6, 6.07) is 4.48. The Balaban J connectivity index is 2.47. The molecule has 0 atom stereocenters. The van der Waals surface area contributed by atoms with Crippen LogP contribution in [-0.2, 0) is 4.74 Å². The number of carbonyl (C=O) groups excluding carboxylic acids is 1. The summed E-state index contributed by atoms with van der Waals surface area (Å²) in [6.07, 6.45) is 5.36. The molecule has 102 valence electrons. The minimum absolute atomic E-state index is 0.283. The lowest BCUT2D eigenvalue weighted by atomic mass is 9.85. The molecule has 0 bridgehead atoms. The van der Waals surface area contributed by atoms with E-state index in [-0.39, 0.29) is 11.4 Å². The molecule has 0 saturated carbocycles. The summed E-state index contributed by atoms with van der Waals surface area (Å²) >= 11 is 0. The van der Waals surface area contributed by atoms with Gasteiger partial charge in [-0.05, 0) is 61.4 Å². The lowest BCUT2D eigenvalue weighted by Gasteiger charge is -2.20. The molecule has 19 heavy (non-hydrogen) atoms. The second-order valence-electron chi connectivity index (χ2n) is 4.86. The van der Waals surface area contributed by atoms with Gasteiger partial charge in [0.15, 0.2) is 0 Å². The van der Waals surface area contributed by atoms with Crippen LogP contribution in [0.15, 0.2) is 23.8 Å². The Morgan fingerprint density at radius 2 is 2.00 bits per heavy atom. The van der Waals surface area contributed by atoms with E-state index in [1.54, 1.807) is 6.07 Å². The molecular formula is C16H19FO2. The summed E-state index contributed by atoms with van der Waals surface area (Å²) < 4.78 is 18.3. The van der Waals surface area contributed by atoms with E-state index >= 15 is 0 Å². The zero-order valence-electron chi connectivity index (χ0n) is 11.5. The topological polar surface area (TPSA) is 26.3 Å². The van der Waals surface area contributed by atoms with Gasteiger partial charge >= 0.3 is 5.97 Å². The molecule has 0 saturated heterocycles. The predicted molar refractivity (Wildman–Crippen MR) is 73.4 cm³/mol. The molecule has 1 aliphatic carbocycles. The van der Waals surface area contributed by atoms with Crippen LogP contribution in [-0.4, -0.2) is 13.1 Å². The van der Waals surface area contributed by atoms with Gasteiger partial charge in [0.2, 0.25) is 0 Å². The molecule has 1 aliphatic rings. The first-order valence-electron chi connectivity index (χ1n) is 6.76. The Bertz CT molecular complexity index is 517. The van der Waals surface area contributed by atoms with Gasteiger partial charge in [-0.25, -0.2) is 9.18 Å². The number of carbonyl (C=O) groups is 1. The Hall–Kier alpha value is -1.64. The zero-order chi connectivity index (χ0) is 13.8. The van der Waals surface area contributed by atoms with Crippen LogP contribution in [0, 0.1) is 5.82 Å². The van der Waals surface area contributed by atoms with Gasteiger partial charge < -0.3 is 4.74 Å². The van der Waals surface area contributed by atoms with Crippen LogP contribution in [0.2, 0.25) is 0 Å². The van der Waals surface area contributed by atoms with Gasteiger partial charge in [0.25, 0.3) is 0 Å². The number of hydrogen-bond acceptors (Lipinski definition) is 2. The third-order valence-corrected chi connectivity index (χ3v) is 3.68. The van der Waals surface area contributed by atoms with Crippen molar-refractivity contribution in [2.75, 3.05) is 7.11 Å². The largest absolute Gasteiger partial charge is 0.465 e. The number of allylic oxidation sites excluding steroid dienone is 2. The second-order valence-corrected chi connectivity index (χ2v) is 4.86. The molecule has 0 amide bonds. The fourth-order valence-corrected chi connectivity index (χ4v) is 2.71. The molecule has 0 spiro atoms. The minimum atomic E-state index is -0.491. The van der Waals surface area contributed by atoms with Gasteiger partial charge in [-0.15, -0.1) is 0 Å². The van der Waals surface area contributed by atoms with Crippen molar-refractivity contribution >= 4 is 11.5 Å². The lowest BCUT2D eigenvalue weighted by molar-refractivity contribution is 0.0600. The van der Waals surface area contributed by atoms with Crippen LogP contribution in [0.5, 0.6) is 0 Å². The van der Waals surface area contributed by atoms with E-state index in [4.69, 9.17) is 0 Å². The van der Waals surface area contributed by atoms with Crippen molar-refractivity contribution in [3.63, 3.8) is 0 Å². The summed E-state index contributed by atoms with van der Waals surface area (Å²) in [5, 5.41) is 0. The number of esters is 1. The fraction of sp³-hybridized carbons (Fsp3) is 0.438. The average Bonchev–Trinajstić information content (AvgIpc) is 2.45. The fourth-order valence-electron chi connectivity index (χ4n) is 2.71.